The lowest BCUT2D eigenvalue weighted by molar-refractivity contribution is 0.475. The molecule has 98 valence electrons. The second-order valence-corrected chi connectivity index (χ2v) is 5.09. The van der Waals surface area contributed by atoms with Gasteiger partial charge in [-0.1, -0.05) is 49.0 Å². The number of benzene rings is 2. The van der Waals surface area contributed by atoms with Gasteiger partial charge in [-0.25, -0.2) is 0 Å². The van der Waals surface area contributed by atoms with Gasteiger partial charge >= 0.3 is 0 Å². The van der Waals surface area contributed by atoms with Crippen LogP contribution in [0.2, 0.25) is 0 Å². The highest BCUT2D eigenvalue weighted by atomic mass is 35.5. The lowest BCUT2D eigenvalue weighted by Crippen LogP contribution is -1.92. The molecule has 1 N–H and O–H groups in total. The Labute approximate surface area is 119 Å². The van der Waals surface area contributed by atoms with Gasteiger partial charge in [0, 0.05) is 0 Å². The molecule has 2 heteroatoms. The van der Waals surface area contributed by atoms with Crippen molar-refractivity contribution >= 4 is 17.2 Å². The van der Waals surface area contributed by atoms with Crippen LogP contribution < -0.4 is 0 Å². The number of halogens is 1. The molecule has 0 aliphatic heterocycles. The zero-order valence-electron chi connectivity index (χ0n) is 10.7. The molecule has 0 bridgehead atoms. The van der Waals surface area contributed by atoms with Crippen LogP contribution >= 0.6 is 11.6 Å². The van der Waals surface area contributed by atoms with E-state index < -0.39 is 0 Å². The maximum absolute atomic E-state index is 9.25. The molecule has 0 amide bonds. The fourth-order valence-electron chi connectivity index (χ4n) is 1.97. The van der Waals surface area contributed by atoms with E-state index in [1.54, 1.807) is 12.1 Å². The minimum atomic E-state index is -0.0546. The number of aromatic hydroxyl groups is 1. The molecule has 1 atom stereocenters. The summed E-state index contributed by atoms with van der Waals surface area (Å²) >= 11 is 6.37. The molecular weight excluding hydrogens is 256 g/mol. The standard InChI is InChI=1S/C17H17ClO/c1-13(14-5-3-2-4-6-14)7-12-17(18)15-8-10-16(19)11-9-15/h2-6,8-11,17,19H,1,7,12H2. The Balaban J connectivity index is 1.92. The van der Waals surface area contributed by atoms with Crippen molar-refractivity contribution in [1.82, 2.24) is 0 Å². The Kier molecular flexibility index (Phi) is 4.64. The van der Waals surface area contributed by atoms with Gasteiger partial charge in [0.25, 0.3) is 0 Å². The van der Waals surface area contributed by atoms with E-state index in [9.17, 15) is 5.11 Å². The second-order valence-electron chi connectivity index (χ2n) is 4.57. The minimum Gasteiger partial charge on any atom is -0.508 e. The largest absolute Gasteiger partial charge is 0.508 e. The first-order valence-corrected chi connectivity index (χ1v) is 6.76. The van der Waals surface area contributed by atoms with Gasteiger partial charge in [0.1, 0.15) is 5.75 Å². The summed E-state index contributed by atoms with van der Waals surface area (Å²) in [7, 11) is 0. The number of phenolic OH excluding ortho intramolecular Hbond substituents is 1. The quantitative estimate of drug-likeness (QED) is 0.745. The summed E-state index contributed by atoms with van der Waals surface area (Å²) in [6.45, 7) is 4.11. The van der Waals surface area contributed by atoms with Crippen LogP contribution in [-0.2, 0) is 0 Å². The second kappa shape index (κ2) is 6.44. The molecular formula is C17H17ClO. The summed E-state index contributed by atoms with van der Waals surface area (Å²) in [5, 5.41) is 9.19. The van der Waals surface area contributed by atoms with Crippen LogP contribution in [0.25, 0.3) is 5.57 Å². The summed E-state index contributed by atoms with van der Waals surface area (Å²) in [5.41, 5.74) is 3.29. The number of rotatable bonds is 5. The van der Waals surface area contributed by atoms with E-state index in [2.05, 4.69) is 18.7 Å². The Hall–Kier alpha value is -1.73. The average Bonchev–Trinajstić information content (AvgIpc) is 2.46. The molecule has 0 spiro atoms. The summed E-state index contributed by atoms with van der Waals surface area (Å²) in [6.07, 6.45) is 1.69. The molecule has 2 aromatic carbocycles. The molecule has 0 heterocycles. The Morgan fingerprint density at radius 1 is 1.05 bits per heavy atom. The number of alkyl halides is 1. The van der Waals surface area contributed by atoms with Crippen LogP contribution in [0.3, 0.4) is 0 Å². The van der Waals surface area contributed by atoms with E-state index in [4.69, 9.17) is 11.6 Å². The molecule has 19 heavy (non-hydrogen) atoms. The van der Waals surface area contributed by atoms with Crippen molar-refractivity contribution in [1.29, 1.82) is 0 Å². The molecule has 1 unspecified atom stereocenters. The summed E-state index contributed by atoms with van der Waals surface area (Å²) in [6, 6.07) is 17.2. The van der Waals surface area contributed by atoms with Crippen molar-refractivity contribution in [3.8, 4) is 5.75 Å². The van der Waals surface area contributed by atoms with Crippen molar-refractivity contribution in [2.24, 2.45) is 0 Å². The smallest absolute Gasteiger partial charge is 0.115 e. The normalized spacial score (nSPS) is 12.1. The molecule has 0 saturated heterocycles. The maximum atomic E-state index is 9.25. The van der Waals surface area contributed by atoms with E-state index in [1.807, 2.05) is 30.3 Å². The van der Waals surface area contributed by atoms with Crippen LogP contribution in [0.15, 0.2) is 61.2 Å². The highest BCUT2D eigenvalue weighted by molar-refractivity contribution is 6.20. The third kappa shape index (κ3) is 3.87. The van der Waals surface area contributed by atoms with E-state index in [1.165, 1.54) is 0 Å². The van der Waals surface area contributed by atoms with Crippen molar-refractivity contribution < 1.29 is 5.11 Å². The van der Waals surface area contributed by atoms with Crippen molar-refractivity contribution in [2.45, 2.75) is 18.2 Å². The van der Waals surface area contributed by atoms with E-state index in [-0.39, 0.29) is 11.1 Å². The molecule has 2 aromatic rings. The van der Waals surface area contributed by atoms with Gasteiger partial charge in [-0.2, -0.15) is 0 Å². The molecule has 0 saturated carbocycles. The maximum Gasteiger partial charge on any atom is 0.115 e. The van der Waals surface area contributed by atoms with Crippen molar-refractivity contribution in [3.63, 3.8) is 0 Å². The van der Waals surface area contributed by atoms with Gasteiger partial charge in [0.15, 0.2) is 0 Å². The number of phenols is 1. The van der Waals surface area contributed by atoms with Gasteiger partial charge in [-0.3, -0.25) is 0 Å². The monoisotopic (exact) mass is 272 g/mol. The fourth-order valence-corrected chi connectivity index (χ4v) is 2.22. The molecule has 0 aromatic heterocycles. The zero-order valence-corrected chi connectivity index (χ0v) is 11.5. The number of hydrogen-bond acceptors (Lipinski definition) is 1. The summed E-state index contributed by atoms with van der Waals surface area (Å²) < 4.78 is 0. The lowest BCUT2D eigenvalue weighted by atomic mass is 9.99. The molecule has 1 nitrogen and oxygen atoms in total. The van der Waals surface area contributed by atoms with Crippen LogP contribution in [0.4, 0.5) is 0 Å². The van der Waals surface area contributed by atoms with Gasteiger partial charge in [0.2, 0.25) is 0 Å². The van der Waals surface area contributed by atoms with Gasteiger partial charge in [0.05, 0.1) is 5.38 Å². The third-order valence-electron chi connectivity index (χ3n) is 3.14. The average molecular weight is 273 g/mol. The van der Waals surface area contributed by atoms with Gasteiger partial charge in [-0.05, 0) is 41.7 Å². The van der Waals surface area contributed by atoms with Gasteiger partial charge < -0.3 is 5.11 Å². The first-order chi connectivity index (χ1) is 9.16. The summed E-state index contributed by atoms with van der Waals surface area (Å²) in [5.74, 6) is 0.265. The molecule has 0 aliphatic rings. The highest BCUT2D eigenvalue weighted by Crippen LogP contribution is 2.30. The SMILES string of the molecule is C=C(CCC(Cl)c1ccc(O)cc1)c1ccccc1. The fraction of sp³-hybridized carbons (Fsp3) is 0.176. The highest BCUT2D eigenvalue weighted by Gasteiger charge is 2.09. The molecule has 0 aliphatic carbocycles. The number of hydrogen-bond donors (Lipinski definition) is 1. The Morgan fingerprint density at radius 3 is 2.32 bits per heavy atom. The van der Waals surface area contributed by atoms with Crippen LogP contribution in [0.5, 0.6) is 5.75 Å². The molecule has 0 fully saturated rings. The lowest BCUT2D eigenvalue weighted by Gasteiger charge is -2.11. The van der Waals surface area contributed by atoms with Crippen LogP contribution in [0, 0.1) is 0 Å². The molecule has 2 rings (SSSR count). The predicted octanol–water partition coefficient (Wildman–Crippen LogP) is 5.17. The Morgan fingerprint density at radius 2 is 1.68 bits per heavy atom. The van der Waals surface area contributed by atoms with E-state index >= 15 is 0 Å². The summed E-state index contributed by atoms with van der Waals surface area (Å²) in [4.78, 5) is 0. The van der Waals surface area contributed by atoms with Crippen molar-refractivity contribution in [2.75, 3.05) is 0 Å². The first kappa shape index (κ1) is 13.7. The van der Waals surface area contributed by atoms with E-state index in [0.29, 0.717) is 0 Å². The topological polar surface area (TPSA) is 20.2 Å². The molecule has 0 radical (unpaired) electrons. The van der Waals surface area contributed by atoms with Crippen LogP contribution in [-0.4, -0.2) is 5.11 Å². The van der Waals surface area contributed by atoms with E-state index in [0.717, 1.165) is 29.5 Å². The third-order valence-corrected chi connectivity index (χ3v) is 3.61. The van der Waals surface area contributed by atoms with Crippen molar-refractivity contribution in [3.05, 3.63) is 72.3 Å². The number of allylic oxidation sites excluding steroid dienone is 1. The zero-order chi connectivity index (χ0) is 13.7. The first-order valence-electron chi connectivity index (χ1n) is 6.33. The van der Waals surface area contributed by atoms with Crippen LogP contribution in [0.1, 0.15) is 29.3 Å². The minimum absolute atomic E-state index is 0.0546. The Bertz CT molecular complexity index is 531. The predicted molar refractivity (Wildman–Crippen MR) is 81.4 cm³/mol. The van der Waals surface area contributed by atoms with Gasteiger partial charge in [-0.15, -0.1) is 11.6 Å².